The molecule has 1 rings (SSSR count). The molecule has 0 fully saturated rings. The van der Waals surface area contributed by atoms with Crippen molar-refractivity contribution in [3.63, 3.8) is 0 Å². The number of ether oxygens (including phenoxy) is 1. The van der Waals surface area contributed by atoms with Crippen LogP contribution in [0.25, 0.3) is 0 Å². The van der Waals surface area contributed by atoms with Crippen molar-refractivity contribution in [2.24, 2.45) is 0 Å². The molecule has 1 aromatic rings. The molecule has 0 unspecified atom stereocenters. The van der Waals surface area contributed by atoms with Crippen LogP contribution in [0.2, 0.25) is 0 Å². The second kappa shape index (κ2) is 4.82. The number of amides is 1. The van der Waals surface area contributed by atoms with Gasteiger partial charge in [-0.25, -0.2) is 4.79 Å². The van der Waals surface area contributed by atoms with Crippen LogP contribution in [0.15, 0.2) is 18.2 Å². The molecule has 3 heteroatoms. The van der Waals surface area contributed by atoms with Gasteiger partial charge in [0.25, 0.3) is 0 Å². The lowest BCUT2D eigenvalue weighted by molar-refractivity contribution is 0.130. The van der Waals surface area contributed by atoms with Crippen LogP contribution < -0.4 is 5.32 Å². The van der Waals surface area contributed by atoms with E-state index in [4.69, 9.17) is 4.74 Å². The first kappa shape index (κ1) is 11.6. The summed E-state index contributed by atoms with van der Waals surface area (Å²) in [4.78, 5) is 11.4. The van der Waals surface area contributed by atoms with Gasteiger partial charge in [0.1, 0.15) is 0 Å². The highest BCUT2D eigenvalue weighted by atomic mass is 16.6. The zero-order valence-electron chi connectivity index (χ0n) is 9.63. The zero-order valence-corrected chi connectivity index (χ0v) is 9.63. The quantitative estimate of drug-likeness (QED) is 0.808. The Morgan fingerprint density at radius 1 is 1.27 bits per heavy atom. The molecule has 0 saturated carbocycles. The zero-order chi connectivity index (χ0) is 11.4. The Bertz CT molecular complexity index is 338. The Hall–Kier alpha value is -1.51. The summed E-state index contributed by atoms with van der Waals surface area (Å²) >= 11 is 0. The van der Waals surface area contributed by atoms with Crippen LogP contribution in [0.1, 0.15) is 25.0 Å². The third-order valence-corrected chi connectivity index (χ3v) is 2.05. The molecule has 0 aliphatic rings. The maximum Gasteiger partial charge on any atom is 0.411 e. The minimum atomic E-state index is -0.401. The van der Waals surface area contributed by atoms with E-state index in [9.17, 15) is 4.79 Å². The molecule has 0 radical (unpaired) electrons. The van der Waals surface area contributed by atoms with Gasteiger partial charge < -0.3 is 4.74 Å². The largest absolute Gasteiger partial charge is 0.447 e. The first-order chi connectivity index (χ1) is 7.00. The number of carbonyl (C=O) groups excluding carboxylic acids is 1. The van der Waals surface area contributed by atoms with Crippen LogP contribution in [-0.2, 0) is 4.74 Å². The van der Waals surface area contributed by atoms with Crippen LogP contribution >= 0.6 is 0 Å². The summed E-state index contributed by atoms with van der Waals surface area (Å²) in [6.45, 7) is 7.56. The molecule has 0 saturated heterocycles. The minimum absolute atomic E-state index is 0.102. The summed E-state index contributed by atoms with van der Waals surface area (Å²) in [5, 5.41) is 2.75. The van der Waals surface area contributed by atoms with Gasteiger partial charge in [0.15, 0.2) is 0 Å². The van der Waals surface area contributed by atoms with Gasteiger partial charge in [0.2, 0.25) is 0 Å². The number of benzene rings is 1. The number of nitrogens with one attached hydrogen (secondary N) is 1. The summed E-state index contributed by atoms with van der Waals surface area (Å²) in [6.07, 6.45) is -0.503. The fourth-order valence-corrected chi connectivity index (χ4v) is 1.36. The van der Waals surface area contributed by atoms with E-state index in [1.54, 1.807) is 0 Å². The highest BCUT2D eigenvalue weighted by Gasteiger charge is 2.08. The third-order valence-electron chi connectivity index (χ3n) is 2.05. The summed E-state index contributed by atoms with van der Waals surface area (Å²) in [7, 11) is 0. The maximum atomic E-state index is 11.4. The van der Waals surface area contributed by atoms with Gasteiger partial charge in [0.05, 0.1) is 6.10 Å². The van der Waals surface area contributed by atoms with Gasteiger partial charge in [-0.3, -0.25) is 5.32 Å². The Morgan fingerprint density at radius 2 is 1.80 bits per heavy atom. The molecule has 1 aromatic carbocycles. The predicted octanol–water partition coefficient (Wildman–Crippen LogP) is 3.26. The molecule has 1 amide bonds. The molecule has 0 aliphatic heterocycles. The van der Waals surface area contributed by atoms with E-state index in [1.165, 1.54) is 0 Å². The summed E-state index contributed by atoms with van der Waals surface area (Å²) in [5.74, 6) is 0. The lowest BCUT2D eigenvalue weighted by atomic mass is 10.1. The van der Waals surface area contributed by atoms with Crippen LogP contribution in [0.4, 0.5) is 10.5 Å². The van der Waals surface area contributed by atoms with Gasteiger partial charge in [-0.1, -0.05) is 18.2 Å². The van der Waals surface area contributed by atoms with Crippen molar-refractivity contribution in [1.29, 1.82) is 0 Å². The molecular formula is C12H17NO2. The van der Waals surface area contributed by atoms with Gasteiger partial charge in [-0.15, -0.1) is 0 Å². The van der Waals surface area contributed by atoms with Crippen LogP contribution in [0.3, 0.4) is 0 Å². The molecule has 0 aromatic heterocycles. The van der Waals surface area contributed by atoms with Crippen molar-refractivity contribution in [3.05, 3.63) is 29.3 Å². The Labute approximate surface area is 90.4 Å². The van der Waals surface area contributed by atoms with E-state index in [0.717, 1.165) is 16.8 Å². The molecule has 82 valence electrons. The molecular weight excluding hydrogens is 190 g/mol. The van der Waals surface area contributed by atoms with E-state index in [2.05, 4.69) is 5.32 Å². The molecule has 0 aliphatic carbocycles. The van der Waals surface area contributed by atoms with Crippen LogP contribution in [0, 0.1) is 13.8 Å². The molecule has 0 atom stereocenters. The van der Waals surface area contributed by atoms with Crippen molar-refractivity contribution >= 4 is 11.8 Å². The highest BCUT2D eigenvalue weighted by molar-refractivity contribution is 5.86. The topological polar surface area (TPSA) is 38.3 Å². The van der Waals surface area contributed by atoms with E-state index in [1.807, 2.05) is 45.9 Å². The first-order valence-corrected chi connectivity index (χ1v) is 5.04. The van der Waals surface area contributed by atoms with Crippen molar-refractivity contribution in [2.45, 2.75) is 33.8 Å². The third kappa shape index (κ3) is 3.27. The van der Waals surface area contributed by atoms with E-state index >= 15 is 0 Å². The predicted molar refractivity (Wildman–Crippen MR) is 61.2 cm³/mol. The molecule has 0 heterocycles. The van der Waals surface area contributed by atoms with E-state index in [0.29, 0.717) is 0 Å². The fraction of sp³-hybridized carbons (Fsp3) is 0.417. The molecule has 15 heavy (non-hydrogen) atoms. The van der Waals surface area contributed by atoms with Crippen LogP contribution in [-0.4, -0.2) is 12.2 Å². The SMILES string of the molecule is Cc1cccc(C)c1NC(=O)OC(C)C. The van der Waals surface area contributed by atoms with E-state index < -0.39 is 6.09 Å². The maximum absolute atomic E-state index is 11.4. The average Bonchev–Trinajstić information content (AvgIpc) is 2.10. The number of hydrogen-bond acceptors (Lipinski definition) is 2. The van der Waals surface area contributed by atoms with Crippen molar-refractivity contribution in [3.8, 4) is 0 Å². The fourth-order valence-electron chi connectivity index (χ4n) is 1.36. The average molecular weight is 207 g/mol. The molecule has 3 nitrogen and oxygen atoms in total. The Balaban J connectivity index is 2.76. The van der Waals surface area contributed by atoms with E-state index in [-0.39, 0.29) is 6.10 Å². The number of anilines is 1. The van der Waals surface area contributed by atoms with Gasteiger partial charge in [-0.05, 0) is 38.8 Å². The Morgan fingerprint density at radius 3 is 2.27 bits per heavy atom. The highest BCUT2D eigenvalue weighted by Crippen LogP contribution is 2.19. The first-order valence-electron chi connectivity index (χ1n) is 5.04. The van der Waals surface area contributed by atoms with Gasteiger partial charge in [-0.2, -0.15) is 0 Å². The minimum Gasteiger partial charge on any atom is -0.447 e. The van der Waals surface area contributed by atoms with Gasteiger partial charge >= 0.3 is 6.09 Å². The van der Waals surface area contributed by atoms with Crippen molar-refractivity contribution < 1.29 is 9.53 Å². The lowest BCUT2D eigenvalue weighted by Gasteiger charge is -2.13. The Kier molecular flexibility index (Phi) is 3.72. The summed E-state index contributed by atoms with van der Waals surface area (Å²) in [6, 6.07) is 5.87. The van der Waals surface area contributed by atoms with Gasteiger partial charge in [0, 0.05) is 5.69 Å². The number of carbonyl (C=O) groups is 1. The summed E-state index contributed by atoms with van der Waals surface area (Å²) in [5.41, 5.74) is 2.91. The smallest absolute Gasteiger partial charge is 0.411 e. The normalized spacial score (nSPS) is 10.2. The second-order valence-corrected chi connectivity index (χ2v) is 3.85. The van der Waals surface area contributed by atoms with Crippen LogP contribution in [0.5, 0.6) is 0 Å². The van der Waals surface area contributed by atoms with Crippen molar-refractivity contribution in [2.75, 3.05) is 5.32 Å². The number of hydrogen-bond donors (Lipinski definition) is 1. The lowest BCUT2D eigenvalue weighted by Crippen LogP contribution is -2.19. The second-order valence-electron chi connectivity index (χ2n) is 3.85. The van der Waals surface area contributed by atoms with Crippen molar-refractivity contribution in [1.82, 2.24) is 0 Å². The standard InChI is InChI=1S/C12H17NO2/c1-8(2)15-12(14)13-11-9(3)6-5-7-10(11)4/h5-8H,1-4H3,(H,13,14). The number of aryl methyl sites for hydroxylation is 2. The summed E-state index contributed by atoms with van der Waals surface area (Å²) < 4.78 is 5.01. The molecule has 0 bridgehead atoms. The molecule has 0 spiro atoms. The molecule has 1 N–H and O–H groups in total. The number of rotatable bonds is 2. The number of para-hydroxylation sites is 1. The monoisotopic (exact) mass is 207 g/mol.